The highest BCUT2D eigenvalue weighted by molar-refractivity contribution is 9.10. The molecule has 0 unspecified atom stereocenters. The first-order valence-electron chi connectivity index (χ1n) is 9.81. The van der Waals surface area contributed by atoms with Crippen molar-refractivity contribution in [3.63, 3.8) is 0 Å². The molecule has 2 amide bonds. The molecule has 0 spiro atoms. The fraction of sp³-hybridized carbons (Fsp3) is 0.125. The van der Waals surface area contributed by atoms with Crippen molar-refractivity contribution in [2.24, 2.45) is 5.10 Å². The Morgan fingerprint density at radius 2 is 1.70 bits per heavy atom. The zero-order valence-electron chi connectivity index (χ0n) is 17.8. The quantitative estimate of drug-likeness (QED) is 0.274. The van der Waals surface area contributed by atoms with Gasteiger partial charge in [-0.05, 0) is 67.4 Å². The number of halogens is 3. The number of hydrogen-bond donors (Lipinski definition) is 2. The van der Waals surface area contributed by atoms with Crippen molar-refractivity contribution in [2.75, 3.05) is 11.9 Å². The summed E-state index contributed by atoms with van der Waals surface area (Å²) in [4.78, 5) is 24.4. The van der Waals surface area contributed by atoms with Crippen molar-refractivity contribution < 1.29 is 14.3 Å². The van der Waals surface area contributed by atoms with Crippen LogP contribution in [0, 0.1) is 13.8 Å². The van der Waals surface area contributed by atoms with E-state index in [9.17, 15) is 9.59 Å². The third-order valence-electron chi connectivity index (χ3n) is 4.51. The minimum absolute atomic E-state index is 0.185. The van der Waals surface area contributed by atoms with E-state index in [1.54, 1.807) is 36.4 Å². The molecule has 0 aliphatic heterocycles. The van der Waals surface area contributed by atoms with E-state index in [-0.39, 0.29) is 34.2 Å². The maximum atomic E-state index is 12.3. The van der Waals surface area contributed by atoms with Crippen LogP contribution in [-0.2, 0) is 4.79 Å². The van der Waals surface area contributed by atoms with Crippen LogP contribution in [0.4, 0.5) is 5.69 Å². The van der Waals surface area contributed by atoms with E-state index >= 15 is 0 Å². The predicted molar refractivity (Wildman–Crippen MR) is 136 cm³/mol. The second-order valence-electron chi connectivity index (χ2n) is 7.17. The molecule has 2 N–H and O–H groups in total. The molecule has 0 atom stereocenters. The second kappa shape index (κ2) is 11.3. The largest absolute Gasteiger partial charge is 0.481 e. The Labute approximate surface area is 210 Å². The normalized spacial score (nSPS) is 10.8. The number of benzene rings is 3. The summed E-state index contributed by atoms with van der Waals surface area (Å²) in [5.74, 6) is -0.508. The first-order chi connectivity index (χ1) is 15.7. The van der Waals surface area contributed by atoms with Gasteiger partial charge >= 0.3 is 0 Å². The number of nitrogens with one attached hydrogen (secondary N) is 2. The number of hydrazone groups is 1. The lowest BCUT2D eigenvalue weighted by atomic mass is 10.1. The Morgan fingerprint density at radius 1 is 1.03 bits per heavy atom. The van der Waals surface area contributed by atoms with E-state index < -0.39 is 0 Å². The van der Waals surface area contributed by atoms with Gasteiger partial charge in [-0.2, -0.15) is 5.10 Å². The molecule has 6 nitrogen and oxygen atoms in total. The molecule has 0 aliphatic carbocycles. The SMILES string of the molecule is Cc1ccc(NC(=O)COc2c(Cl)cc(/C=N/NC(=O)c3ccc(Br)cc3)cc2Cl)c(C)c1. The highest BCUT2D eigenvalue weighted by atomic mass is 79.9. The van der Waals surface area contributed by atoms with Crippen molar-refractivity contribution in [3.8, 4) is 5.75 Å². The monoisotopic (exact) mass is 547 g/mol. The molecular formula is C24H20BrCl2N3O3. The highest BCUT2D eigenvalue weighted by Crippen LogP contribution is 2.34. The Bertz CT molecular complexity index is 1190. The van der Waals surface area contributed by atoms with Gasteiger partial charge in [-0.15, -0.1) is 0 Å². The van der Waals surface area contributed by atoms with Crippen LogP contribution in [0.25, 0.3) is 0 Å². The van der Waals surface area contributed by atoms with Gasteiger partial charge in [-0.1, -0.05) is 56.8 Å². The average Bonchev–Trinajstić information content (AvgIpc) is 2.75. The van der Waals surface area contributed by atoms with Gasteiger partial charge < -0.3 is 10.1 Å². The van der Waals surface area contributed by atoms with Crippen molar-refractivity contribution >= 4 is 62.8 Å². The van der Waals surface area contributed by atoms with Crippen LogP contribution in [0.15, 0.2) is 64.2 Å². The van der Waals surface area contributed by atoms with E-state index in [0.29, 0.717) is 16.8 Å². The van der Waals surface area contributed by atoms with E-state index in [2.05, 4.69) is 31.8 Å². The molecule has 0 saturated carbocycles. The van der Waals surface area contributed by atoms with E-state index in [0.717, 1.165) is 15.6 Å². The Balaban J connectivity index is 1.58. The number of amides is 2. The fourth-order valence-electron chi connectivity index (χ4n) is 2.90. The van der Waals surface area contributed by atoms with Gasteiger partial charge in [-0.3, -0.25) is 9.59 Å². The van der Waals surface area contributed by atoms with Crippen molar-refractivity contribution in [1.82, 2.24) is 5.43 Å². The summed E-state index contributed by atoms with van der Waals surface area (Å²) in [6, 6.07) is 15.7. The minimum atomic E-state index is -0.356. The van der Waals surface area contributed by atoms with E-state index in [1.165, 1.54) is 6.21 Å². The molecular weight excluding hydrogens is 529 g/mol. The number of carbonyl (C=O) groups is 2. The van der Waals surface area contributed by atoms with Gasteiger partial charge in [0.25, 0.3) is 11.8 Å². The number of aryl methyl sites for hydroxylation is 2. The summed E-state index contributed by atoms with van der Waals surface area (Å²) in [7, 11) is 0. The molecule has 33 heavy (non-hydrogen) atoms. The number of rotatable bonds is 7. The fourth-order valence-corrected chi connectivity index (χ4v) is 3.78. The van der Waals surface area contributed by atoms with Gasteiger partial charge in [0, 0.05) is 15.7 Å². The van der Waals surface area contributed by atoms with Crippen LogP contribution in [0.3, 0.4) is 0 Å². The number of ether oxygens (including phenoxy) is 1. The van der Waals surface area contributed by atoms with E-state index in [1.807, 2.05) is 32.0 Å². The average molecular weight is 549 g/mol. The van der Waals surface area contributed by atoms with Gasteiger partial charge in [0.15, 0.2) is 12.4 Å². The third kappa shape index (κ3) is 7.05. The van der Waals surface area contributed by atoms with Crippen LogP contribution in [0.2, 0.25) is 10.0 Å². The first-order valence-corrected chi connectivity index (χ1v) is 11.4. The van der Waals surface area contributed by atoms with Gasteiger partial charge in [-0.25, -0.2) is 5.43 Å². The lowest BCUT2D eigenvalue weighted by Gasteiger charge is -2.12. The predicted octanol–water partition coefficient (Wildman–Crippen LogP) is 6.15. The molecule has 0 fully saturated rings. The Hall–Kier alpha value is -2.87. The zero-order valence-corrected chi connectivity index (χ0v) is 20.9. The summed E-state index contributed by atoms with van der Waals surface area (Å²) in [6.07, 6.45) is 1.41. The molecule has 0 bridgehead atoms. The van der Waals surface area contributed by atoms with Crippen molar-refractivity contribution in [3.05, 3.63) is 91.4 Å². The molecule has 0 saturated heterocycles. The van der Waals surface area contributed by atoms with Gasteiger partial charge in [0.05, 0.1) is 16.3 Å². The van der Waals surface area contributed by atoms with Crippen LogP contribution in [-0.4, -0.2) is 24.6 Å². The van der Waals surface area contributed by atoms with Gasteiger partial charge in [0.1, 0.15) is 0 Å². The summed E-state index contributed by atoms with van der Waals surface area (Å²) in [5.41, 5.74) is 6.23. The Morgan fingerprint density at radius 3 is 2.33 bits per heavy atom. The minimum Gasteiger partial charge on any atom is -0.481 e. The maximum Gasteiger partial charge on any atom is 0.271 e. The summed E-state index contributed by atoms with van der Waals surface area (Å²) >= 11 is 15.9. The number of carbonyl (C=O) groups excluding carboxylic acids is 2. The number of anilines is 1. The van der Waals surface area contributed by atoms with Crippen LogP contribution in [0.5, 0.6) is 5.75 Å². The molecule has 9 heteroatoms. The number of hydrogen-bond acceptors (Lipinski definition) is 4. The highest BCUT2D eigenvalue weighted by Gasteiger charge is 2.13. The molecule has 0 aliphatic rings. The molecule has 0 aromatic heterocycles. The van der Waals surface area contributed by atoms with Crippen LogP contribution in [0.1, 0.15) is 27.0 Å². The van der Waals surface area contributed by atoms with Crippen LogP contribution < -0.4 is 15.5 Å². The molecule has 0 heterocycles. The van der Waals surface area contributed by atoms with Crippen LogP contribution >= 0.6 is 39.1 Å². The summed E-state index contributed by atoms with van der Waals surface area (Å²) < 4.78 is 6.41. The summed E-state index contributed by atoms with van der Waals surface area (Å²) in [6.45, 7) is 3.64. The molecule has 0 radical (unpaired) electrons. The lowest BCUT2D eigenvalue weighted by Crippen LogP contribution is -2.21. The van der Waals surface area contributed by atoms with Crippen molar-refractivity contribution in [2.45, 2.75) is 13.8 Å². The smallest absolute Gasteiger partial charge is 0.271 e. The molecule has 3 aromatic rings. The van der Waals surface area contributed by atoms with E-state index in [4.69, 9.17) is 27.9 Å². The Kier molecular flexibility index (Phi) is 8.49. The van der Waals surface area contributed by atoms with Gasteiger partial charge in [0.2, 0.25) is 0 Å². The first kappa shape index (κ1) is 24.8. The zero-order chi connectivity index (χ0) is 24.0. The maximum absolute atomic E-state index is 12.3. The summed E-state index contributed by atoms with van der Waals surface area (Å²) in [5, 5.41) is 7.15. The molecule has 3 aromatic carbocycles. The standard InChI is InChI=1S/C24H20BrCl2N3O3/c1-14-3-8-21(15(2)9-14)29-22(31)13-33-23-19(26)10-16(11-20(23)27)12-28-30-24(32)17-4-6-18(25)7-5-17/h3-12H,13H2,1-2H3,(H,29,31)(H,30,32)/b28-12+. The third-order valence-corrected chi connectivity index (χ3v) is 5.60. The second-order valence-corrected chi connectivity index (χ2v) is 8.90. The topological polar surface area (TPSA) is 79.8 Å². The molecule has 170 valence electrons. The van der Waals surface area contributed by atoms with Crippen molar-refractivity contribution in [1.29, 1.82) is 0 Å². The molecule has 3 rings (SSSR count). The lowest BCUT2D eigenvalue weighted by molar-refractivity contribution is -0.118. The number of nitrogens with zero attached hydrogens (tertiary/aromatic N) is 1.